The van der Waals surface area contributed by atoms with Crippen LogP contribution in [0.15, 0.2) is 84.9 Å². The molecule has 0 N–H and O–H groups in total. The van der Waals surface area contributed by atoms with E-state index >= 15 is 0 Å². The van der Waals surface area contributed by atoms with Gasteiger partial charge in [-0.05, 0) is 75.9 Å². The van der Waals surface area contributed by atoms with Crippen molar-refractivity contribution in [3.8, 4) is 0 Å². The summed E-state index contributed by atoms with van der Waals surface area (Å²) in [6.07, 6.45) is 10.0. The number of hydrogen-bond acceptors (Lipinski definition) is 0. The zero-order valence-corrected chi connectivity index (χ0v) is 24.2. The molecule has 0 amide bonds. The van der Waals surface area contributed by atoms with Crippen molar-refractivity contribution in [3.63, 3.8) is 0 Å². The molecule has 0 spiro atoms. The molecule has 1 saturated carbocycles. The molecule has 4 rings (SSSR count). The Hall–Kier alpha value is -0.640. The van der Waals surface area contributed by atoms with Gasteiger partial charge in [-0.1, -0.05) is 103 Å². The maximum atomic E-state index is 2.38. The van der Waals surface area contributed by atoms with E-state index in [1.165, 1.54) is 15.9 Å². The molecule has 4 heteroatoms. The van der Waals surface area contributed by atoms with Gasteiger partial charge in [0.05, 0.1) is 8.80 Å². The van der Waals surface area contributed by atoms with Crippen LogP contribution in [0, 0.1) is 32.1 Å². The van der Waals surface area contributed by atoms with Gasteiger partial charge in [0.25, 0.3) is 0 Å². The summed E-state index contributed by atoms with van der Waals surface area (Å²) in [7, 11) is -0.578. The van der Waals surface area contributed by atoms with E-state index in [1.54, 1.807) is 5.19 Å². The summed E-state index contributed by atoms with van der Waals surface area (Å²) in [5.74, 6) is 0. The molecule has 7 radical (unpaired) electrons. The second-order valence-electron chi connectivity index (χ2n) is 7.83. The van der Waals surface area contributed by atoms with Gasteiger partial charge in [-0.25, -0.2) is 0 Å². The first-order valence-corrected chi connectivity index (χ1v) is 17.1. The van der Waals surface area contributed by atoms with Crippen molar-refractivity contribution in [2.75, 3.05) is 20.0 Å². The van der Waals surface area contributed by atoms with Crippen LogP contribution in [0.2, 0.25) is 13.1 Å². The van der Waals surface area contributed by atoms with Gasteiger partial charge in [0.15, 0.2) is 0 Å². The Balaban J connectivity index is 0.000000431. The Morgan fingerprint density at radius 3 is 1.25 bits per heavy atom. The van der Waals surface area contributed by atoms with Gasteiger partial charge < -0.3 is 0 Å². The minimum absolute atomic E-state index is 0. The summed E-state index contributed by atoms with van der Waals surface area (Å²) in [6, 6.07) is 30.9. The summed E-state index contributed by atoms with van der Waals surface area (Å²) < 4.78 is 0. The van der Waals surface area contributed by atoms with E-state index in [-0.39, 0.29) is 19.5 Å². The first-order valence-electron chi connectivity index (χ1n) is 10.6. The van der Waals surface area contributed by atoms with Crippen LogP contribution in [0.4, 0.5) is 0 Å². The van der Waals surface area contributed by atoms with E-state index in [0.29, 0.717) is 7.92 Å². The number of rotatable bonds is 4. The maximum Gasteiger partial charge on any atom is 1.00 e. The number of benzene rings is 3. The van der Waals surface area contributed by atoms with Crippen molar-refractivity contribution >= 4 is 45.7 Å². The van der Waals surface area contributed by atoms with Gasteiger partial charge in [-0.3, -0.25) is 0 Å². The van der Waals surface area contributed by atoms with Crippen LogP contribution in [0.3, 0.4) is 0 Å². The molecule has 0 aliphatic heterocycles. The summed E-state index contributed by atoms with van der Waals surface area (Å²) >= 11 is 0. The Bertz CT molecular complexity index is 800. The van der Waals surface area contributed by atoms with Crippen molar-refractivity contribution < 1.29 is 19.5 Å². The Labute approximate surface area is 214 Å². The van der Waals surface area contributed by atoms with Crippen molar-refractivity contribution in [2.45, 2.75) is 13.1 Å². The summed E-state index contributed by atoms with van der Waals surface area (Å²) in [5, 5.41) is 5.94. The topological polar surface area (TPSA) is 0 Å². The fourth-order valence-corrected chi connectivity index (χ4v) is 7.37. The largest absolute Gasteiger partial charge is 1.00 e. The van der Waals surface area contributed by atoms with Crippen LogP contribution in [-0.2, 0) is 19.5 Å². The fraction of sp³-hybridized carbons (Fsp3) is 0.179. The molecule has 0 saturated heterocycles. The third-order valence-electron chi connectivity index (χ3n) is 4.27. The minimum atomic E-state index is -0.484. The van der Waals surface area contributed by atoms with Crippen molar-refractivity contribution in [3.05, 3.63) is 117 Å². The van der Waals surface area contributed by atoms with Gasteiger partial charge in [0.2, 0.25) is 0 Å². The third-order valence-corrected chi connectivity index (χ3v) is 8.49. The average Bonchev–Trinajstić information content (AvgIpc) is 3.36. The number of hydrogen-bond donors (Lipinski definition) is 0. The van der Waals surface area contributed by atoms with E-state index < -0.39 is 16.7 Å². The van der Waals surface area contributed by atoms with Crippen LogP contribution in [-0.4, -0.2) is 28.8 Å². The van der Waals surface area contributed by atoms with Crippen LogP contribution in [0.25, 0.3) is 0 Å². The van der Waals surface area contributed by atoms with E-state index in [4.69, 9.17) is 0 Å². The molecule has 3 aromatic rings. The average molecular weight is 562 g/mol. The van der Waals surface area contributed by atoms with E-state index in [2.05, 4.69) is 118 Å². The van der Waals surface area contributed by atoms with Crippen LogP contribution < -0.4 is 21.1 Å². The zero-order valence-electron chi connectivity index (χ0n) is 19.7. The maximum absolute atomic E-state index is 2.38. The minimum Gasteiger partial charge on any atom is -0.116 e. The molecule has 1 aliphatic carbocycles. The second-order valence-corrected chi connectivity index (χ2v) is 15.2. The first kappa shape index (κ1) is 29.4. The molecule has 0 heterocycles. The summed E-state index contributed by atoms with van der Waals surface area (Å²) in [4.78, 5) is 0. The monoisotopic (exact) mass is 562 g/mol. The predicted octanol–water partition coefficient (Wildman–Crippen LogP) is 5.78. The second kappa shape index (κ2) is 16.9. The molecular formula is C28H34P2RuSi+. The first-order chi connectivity index (χ1) is 15.0. The van der Waals surface area contributed by atoms with Gasteiger partial charge in [0.1, 0.15) is 0 Å². The van der Waals surface area contributed by atoms with E-state index in [9.17, 15) is 0 Å². The van der Waals surface area contributed by atoms with Gasteiger partial charge in [-0.15, -0.1) is 7.92 Å². The summed E-state index contributed by atoms with van der Waals surface area (Å²) in [6.45, 7) is 11.5. The van der Waals surface area contributed by atoms with Gasteiger partial charge in [-0.2, -0.15) is 0 Å². The van der Waals surface area contributed by atoms with Crippen molar-refractivity contribution in [2.24, 2.45) is 0 Å². The van der Waals surface area contributed by atoms with Crippen LogP contribution in [0.1, 0.15) is 0 Å². The zero-order chi connectivity index (χ0) is 22.5. The molecule has 167 valence electrons. The molecule has 0 bridgehead atoms. The predicted molar refractivity (Wildman–Crippen MR) is 148 cm³/mol. The standard InChI is InChI=1S/C20H20PSi.C5H5.C3H9P.Ru/c1-22(2)20-16-10-9-15-19(20)21(17-11-5-3-6-12-17)18-13-7-4-8-14-18;1-2-4-5-3-1;1-4(2)3;/h3-16H,1-2H3;1-5H;1-3H3;/q;;;+1. The summed E-state index contributed by atoms with van der Waals surface area (Å²) in [5.41, 5.74) is 0. The third kappa shape index (κ3) is 10.5. The van der Waals surface area contributed by atoms with E-state index in [1.807, 2.05) is 32.1 Å². The van der Waals surface area contributed by atoms with Gasteiger partial charge >= 0.3 is 19.5 Å². The molecule has 0 atom stereocenters. The Morgan fingerprint density at radius 2 is 0.875 bits per heavy atom. The SMILES string of the molecule is CP(C)C.C[Si](C)c1ccccc1P(c1ccccc1)c1ccccc1.[CH]1[CH][CH][CH][CH]1.[Ru+]. The Morgan fingerprint density at radius 1 is 0.531 bits per heavy atom. The molecule has 32 heavy (non-hydrogen) atoms. The molecule has 3 aromatic carbocycles. The molecular weight excluding hydrogens is 527 g/mol. The van der Waals surface area contributed by atoms with Crippen molar-refractivity contribution in [1.29, 1.82) is 0 Å². The quantitative estimate of drug-likeness (QED) is 0.280. The fourth-order valence-electron chi connectivity index (χ4n) is 2.99. The molecule has 0 aromatic heterocycles. The molecule has 1 aliphatic rings. The normalized spacial score (nSPS) is 12.5. The van der Waals surface area contributed by atoms with Crippen LogP contribution in [0.5, 0.6) is 0 Å². The van der Waals surface area contributed by atoms with Crippen LogP contribution >= 0.6 is 15.8 Å². The molecule has 0 nitrogen and oxygen atoms in total. The van der Waals surface area contributed by atoms with Crippen molar-refractivity contribution in [1.82, 2.24) is 0 Å². The Kier molecular flexibility index (Phi) is 15.5. The smallest absolute Gasteiger partial charge is 0.116 e. The van der Waals surface area contributed by atoms with Gasteiger partial charge in [0, 0.05) is 0 Å². The molecule has 1 fully saturated rings. The molecule has 0 unspecified atom stereocenters. The van der Waals surface area contributed by atoms with E-state index in [0.717, 1.165) is 0 Å².